The lowest BCUT2D eigenvalue weighted by molar-refractivity contribution is -0.0613. The lowest BCUT2D eigenvalue weighted by Crippen LogP contribution is -2.34. The fourth-order valence-electron chi connectivity index (χ4n) is 2.14. The summed E-state index contributed by atoms with van der Waals surface area (Å²) in [6.07, 6.45) is 2.23. The van der Waals surface area contributed by atoms with E-state index in [0.717, 1.165) is 19.3 Å². The van der Waals surface area contributed by atoms with Crippen molar-refractivity contribution in [3.05, 3.63) is 34.6 Å². The molecule has 1 aromatic carbocycles. The second kappa shape index (κ2) is 5.80. The van der Waals surface area contributed by atoms with Crippen LogP contribution in [0.2, 0.25) is 5.02 Å². The molecule has 1 fully saturated rings. The van der Waals surface area contributed by atoms with Gasteiger partial charge >= 0.3 is 0 Å². The molecule has 1 heterocycles. The number of aliphatic hydroxyl groups is 1. The van der Waals surface area contributed by atoms with Crippen molar-refractivity contribution in [1.82, 2.24) is 0 Å². The van der Waals surface area contributed by atoms with Crippen molar-refractivity contribution in [2.45, 2.75) is 37.9 Å². The Hall–Kier alpha value is -0.640. The summed E-state index contributed by atoms with van der Waals surface area (Å²) in [5.41, 5.74) is 0.371. The van der Waals surface area contributed by atoms with Gasteiger partial charge in [-0.2, -0.15) is 0 Å². The third-order valence-corrected chi connectivity index (χ3v) is 3.47. The molecule has 0 aliphatic carbocycles. The molecule has 1 aliphatic heterocycles. The Morgan fingerprint density at radius 3 is 2.94 bits per heavy atom. The molecule has 0 radical (unpaired) electrons. The quantitative estimate of drug-likeness (QED) is 0.903. The van der Waals surface area contributed by atoms with Crippen molar-refractivity contribution in [3.8, 4) is 0 Å². The van der Waals surface area contributed by atoms with Gasteiger partial charge in [0.2, 0.25) is 0 Å². The molecule has 0 aromatic heterocycles. The highest BCUT2D eigenvalue weighted by atomic mass is 35.5. The summed E-state index contributed by atoms with van der Waals surface area (Å²) in [6.45, 7) is 0.673. The highest BCUT2D eigenvalue weighted by Gasteiger charge is 2.24. The number of aliphatic hydroxyl groups excluding tert-OH is 1. The van der Waals surface area contributed by atoms with Crippen LogP contribution >= 0.6 is 11.6 Å². The highest BCUT2D eigenvalue weighted by molar-refractivity contribution is 6.31. The summed E-state index contributed by atoms with van der Waals surface area (Å²) in [5, 5.41) is 10.4. The van der Waals surface area contributed by atoms with Crippen LogP contribution in [0.1, 0.15) is 24.8 Å². The first-order chi connectivity index (χ1) is 8.18. The van der Waals surface area contributed by atoms with Gasteiger partial charge in [0.25, 0.3) is 0 Å². The van der Waals surface area contributed by atoms with Crippen LogP contribution in [-0.4, -0.2) is 23.9 Å². The second-order valence-electron chi connectivity index (χ2n) is 4.38. The summed E-state index contributed by atoms with van der Waals surface area (Å²) in [6, 6.07) is 4.55. The van der Waals surface area contributed by atoms with Crippen LogP contribution in [-0.2, 0) is 11.2 Å². The fraction of sp³-hybridized carbons (Fsp3) is 0.538. The molecule has 2 atom stereocenters. The van der Waals surface area contributed by atoms with E-state index < -0.39 is 6.10 Å². The Morgan fingerprint density at radius 2 is 2.29 bits per heavy atom. The van der Waals surface area contributed by atoms with Gasteiger partial charge < -0.3 is 9.84 Å². The van der Waals surface area contributed by atoms with Crippen molar-refractivity contribution in [3.63, 3.8) is 0 Å². The van der Waals surface area contributed by atoms with Crippen LogP contribution in [0.25, 0.3) is 0 Å². The van der Waals surface area contributed by atoms with E-state index in [1.165, 1.54) is 6.07 Å². The number of hydrogen-bond donors (Lipinski definition) is 1. The van der Waals surface area contributed by atoms with E-state index in [9.17, 15) is 9.50 Å². The SMILES string of the molecule is OC(Cc1c(F)cccc1Cl)C1CCCCO1. The lowest BCUT2D eigenvalue weighted by atomic mass is 9.98. The highest BCUT2D eigenvalue weighted by Crippen LogP contribution is 2.24. The third-order valence-electron chi connectivity index (χ3n) is 3.12. The molecule has 2 unspecified atom stereocenters. The molecule has 1 saturated heterocycles. The molecule has 1 N–H and O–H groups in total. The van der Waals surface area contributed by atoms with Gasteiger partial charge in [-0.15, -0.1) is 0 Å². The molecule has 2 rings (SSSR count). The van der Waals surface area contributed by atoms with Gasteiger partial charge in [0, 0.05) is 23.6 Å². The van der Waals surface area contributed by atoms with Gasteiger partial charge in [-0.3, -0.25) is 0 Å². The average molecular weight is 259 g/mol. The number of hydrogen-bond acceptors (Lipinski definition) is 2. The maximum atomic E-state index is 13.5. The van der Waals surface area contributed by atoms with Gasteiger partial charge in [-0.25, -0.2) is 4.39 Å². The predicted octanol–water partition coefficient (Wildman–Crippen LogP) is 2.95. The van der Waals surface area contributed by atoms with Crippen LogP contribution < -0.4 is 0 Å². The largest absolute Gasteiger partial charge is 0.390 e. The van der Waals surface area contributed by atoms with E-state index in [-0.39, 0.29) is 18.3 Å². The Bertz CT molecular complexity index is 357. The standard InChI is InChI=1S/C13H16ClFO2/c14-10-4-3-5-11(15)9(10)8-12(16)13-6-1-2-7-17-13/h3-5,12-13,16H,1-2,6-8H2. The first-order valence-corrected chi connectivity index (χ1v) is 6.29. The zero-order chi connectivity index (χ0) is 12.3. The fourth-order valence-corrected chi connectivity index (χ4v) is 2.38. The van der Waals surface area contributed by atoms with Gasteiger partial charge in [0.05, 0.1) is 12.2 Å². The average Bonchev–Trinajstić information content (AvgIpc) is 2.35. The van der Waals surface area contributed by atoms with Gasteiger partial charge in [0.1, 0.15) is 5.82 Å². The van der Waals surface area contributed by atoms with E-state index in [1.54, 1.807) is 12.1 Å². The van der Waals surface area contributed by atoms with Crippen molar-refractivity contribution >= 4 is 11.6 Å². The molecule has 4 heteroatoms. The lowest BCUT2D eigenvalue weighted by Gasteiger charge is -2.27. The van der Waals surface area contributed by atoms with Crippen LogP contribution in [0.5, 0.6) is 0 Å². The zero-order valence-corrected chi connectivity index (χ0v) is 10.3. The number of rotatable bonds is 3. The van der Waals surface area contributed by atoms with Crippen LogP contribution in [0, 0.1) is 5.82 Å². The van der Waals surface area contributed by atoms with Gasteiger partial charge in [-0.05, 0) is 31.4 Å². The number of halogens is 2. The summed E-state index contributed by atoms with van der Waals surface area (Å²) >= 11 is 5.92. The smallest absolute Gasteiger partial charge is 0.127 e. The Morgan fingerprint density at radius 1 is 1.47 bits per heavy atom. The Labute approximate surface area is 105 Å². The van der Waals surface area contributed by atoms with Gasteiger partial charge in [-0.1, -0.05) is 17.7 Å². The van der Waals surface area contributed by atoms with E-state index in [4.69, 9.17) is 16.3 Å². The Balaban J connectivity index is 2.04. The van der Waals surface area contributed by atoms with Crippen molar-refractivity contribution in [2.75, 3.05) is 6.61 Å². The van der Waals surface area contributed by atoms with E-state index >= 15 is 0 Å². The molecular formula is C13H16ClFO2. The first kappa shape index (κ1) is 12.8. The monoisotopic (exact) mass is 258 g/mol. The summed E-state index contributed by atoms with van der Waals surface area (Å²) < 4.78 is 19.0. The van der Waals surface area contributed by atoms with Gasteiger partial charge in [0.15, 0.2) is 0 Å². The van der Waals surface area contributed by atoms with Crippen molar-refractivity contribution < 1.29 is 14.2 Å². The molecule has 0 saturated carbocycles. The first-order valence-electron chi connectivity index (χ1n) is 5.91. The number of benzene rings is 1. The second-order valence-corrected chi connectivity index (χ2v) is 4.78. The predicted molar refractivity (Wildman–Crippen MR) is 64.7 cm³/mol. The molecule has 1 aromatic rings. The zero-order valence-electron chi connectivity index (χ0n) is 9.53. The summed E-state index contributed by atoms with van der Waals surface area (Å²) in [5.74, 6) is -0.368. The molecule has 17 heavy (non-hydrogen) atoms. The maximum Gasteiger partial charge on any atom is 0.127 e. The molecule has 1 aliphatic rings. The minimum atomic E-state index is -0.690. The van der Waals surface area contributed by atoms with E-state index in [0.29, 0.717) is 17.2 Å². The van der Waals surface area contributed by atoms with Crippen LogP contribution in [0.3, 0.4) is 0 Å². The molecule has 0 spiro atoms. The van der Waals surface area contributed by atoms with E-state index in [2.05, 4.69) is 0 Å². The minimum absolute atomic E-state index is 0.195. The van der Waals surface area contributed by atoms with E-state index in [1.807, 2.05) is 0 Å². The molecule has 94 valence electrons. The molecule has 0 amide bonds. The molecule has 0 bridgehead atoms. The molecule has 2 nitrogen and oxygen atoms in total. The third kappa shape index (κ3) is 3.18. The Kier molecular flexibility index (Phi) is 4.37. The topological polar surface area (TPSA) is 29.5 Å². The normalized spacial score (nSPS) is 22.4. The van der Waals surface area contributed by atoms with Crippen molar-refractivity contribution in [2.24, 2.45) is 0 Å². The van der Waals surface area contributed by atoms with Crippen LogP contribution in [0.15, 0.2) is 18.2 Å². The van der Waals surface area contributed by atoms with Crippen LogP contribution in [0.4, 0.5) is 4.39 Å². The van der Waals surface area contributed by atoms with Crippen molar-refractivity contribution in [1.29, 1.82) is 0 Å². The number of ether oxygens (including phenoxy) is 1. The maximum absolute atomic E-state index is 13.5. The molecular weight excluding hydrogens is 243 g/mol. The summed E-state index contributed by atoms with van der Waals surface area (Å²) in [7, 11) is 0. The summed E-state index contributed by atoms with van der Waals surface area (Å²) in [4.78, 5) is 0. The minimum Gasteiger partial charge on any atom is -0.390 e.